The topological polar surface area (TPSA) is 57.7 Å². The summed E-state index contributed by atoms with van der Waals surface area (Å²) in [7, 11) is 2.03. The Labute approximate surface area is 88.1 Å². The largest absolute Gasteiger partial charge is 0.295 e. The molecule has 0 radical (unpaired) electrons. The van der Waals surface area contributed by atoms with E-state index in [2.05, 4.69) is 37.7 Å². The molecular weight excluding hydrogens is 190 g/mol. The summed E-state index contributed by atoms with van der Waals surface area (Å²) in [5, 5.41) is 13.8. The smallest absolute Gasteiger partial charge is 0.188 e. The second-order valence-corrected chi connectivity index (χ2v) is 3.49. The fourth-order valence-electron chi connectivity index (χ4n) is 1.44. The van der Waals surface area contributed by atoms with Crippen molar-refractivity contribution < 1.29 is 0 Å². The van der Waals surface area contributed by atoms with E-state index in [1.54, 1.807) is 0 Å². The van der Waals surface area contributed by atoms with Crippen LogP contribution in [0.5, 0.6) is 0 Å². The molecule has 0 saturated carbocycles. The zero-order chi connectivity index (χ0) is 10.5. The van der Waals surface area contributed by atoms with Crippen LogP contribution in [-0.4, -0.2) is 32.6 Å². The molecule has 1 N–H and O–H groups in total. The van der Waals surface area contributed by atoms with Crippen LogP contribution in [0, 0.1) is 0 Å². The van der Waals surface area contributed by atoms with E-state index >= 15 is 0 Å². The molecule has 5 heteroatoms. The molecule has 0 aliphatic heterocycles. The van der Waals surface area contributed by atoms with E-state index in [4.69, 9.17) is 0 Å². The Morgan fingerprint density at radius 3 is 2.67 bits per heavy atom. The van der Waals surface area contributed by atoms with E-state index in [1.165, 1.54) is 5.56 Å². The van der Waals surface area contributed by atoms with Crippen molar-refractivity contribution in [2.24, 2.45) is 0 Å². The summed E-state index contributed by atoms with van der Waals surface area (Å²) in [6, 6.07) is 10.3. The predicted molar refractivity (Wildman–Crippen MR) is 55.8 cm³/mol. The van der Waals surface area contributed by atoms with Gasteiger partial charge in [-0.3, -0.25) is 4.90 Å². The van der Waals surface area contributed by atoms with E-state index in [9.17, 15) is 0 Å². The Hall–Kier alpha value is -1.75. The van der Waals surface area contributed by atoms with Gasteiger partial charge in [-0.25, -0.2) is 0 Å². The number of aromatic nitrogens is 4. The average molecular weight is 203 g/mol. The van der Waals surface area contributed by atoms with Crippen LogP contribution < -0.4 is 0 Å². The lowest BCUT2D eigenvalue weighted by Crippen LogP contribution is -2.18. The van der Waals surface area contributed by atoms with Crippen LogP contribution in [0.1, 0.15) is 11.4 Å². The van der Waals surface area contributed by atoms with Gasteiger partial charge in [-0.05, 0) is 12.6 Å². The van der Waals surface area contributed by atoms with Crippen molar-refractivity contribution in [3.8, 4) is 0 Å². The zero-order valence-electron chi connectivity index (χ0n) is 8.59. The van der Waals surface area contributed by atoms with Crippen molar-refractivity contribution >= 4 is 0 Å². The van der Waals surface area contributed by atoms with Crippen LogP contribution in [-0.2, 0) is 13.1 Å². The monoisotopic (exact) mass is 203 g/mol. The van der Waals surface area contributed by atoms with Crippen molar-refractivity contribution in [2.45, 2.75) is 13.1 Å². The minimum atomic E-state index is 0.700. The van der Waals surface area contributed by atoms with Crippen molar-refractivity contribution in [1.82, 2.24) is 25.5 Å². The number of tetrazole rings is 1. The molecule has 2 aromatic rings. The third kappa shape index (κ3) is 2.85. The van der Waals surface area contributed by atoms with Crippen LogP contribution in [0.2, 0.25) is 0 Å². The van der Waals surface area contributed by atoms with Gasteiger partial charge in [0.2, 0.25) is 0 Å². The molecule has 0 bridgehead atoms. The normalized spacial score (nSPS) is 10.8. The molecule has 1 aromatic heterocycles. The van der Waals surface area contributed by atoms with Crippen molar-refractivity contribution in [3.05, 3.63) is 41.7 Å². The summed E-state index contributed by atoms with van der Waals surface area (Å²) in [6.45, 7) is 1.58. The molecule has 0 fully saturated rings. The first kappa shape index (κ1) is 9.79. The standard InChI is InChI=1S/C10H13N5/c1-15(8-10-11-13-14-12-10)7-9-5-3-2-4-6-9/h2-6H,7-8H2,1H3,(H,11,12,13,14). The zero-order valence-corrected chi connectivity index (χ0v) is 8.59. The molecule has 15 heavy (non-hydrogen) atoms. The Morgan fingerprint density at radius 2 is 2.00 bits per heavy atom. The number of hydrogen-bond acceptors (Lipinski definition) is 4. The van der Waals surface area contributed by atoms with Gasteiger partial charge in [0, 0.05) is 6.54 Å². The van der Waals surface area contributed by atoms with Gasteiger partial charge in [-0.15, -0.1) is 10.2 Å². The maximum atomic E-state index is 3.91. The summed E-state index contributed by atoms with van der Waals surface area (Å²) < 4.78 is 0. The molecule has 5 nitrogen and oxygen atoms in total. The molecule has 0 spiro atoms. The molecular formula is C10H13N5. The molecule has 1 heterocycles. The van der Waals surface area contributed by atoms with Gasteiger partial charge >= 0.3 is 0 Å². The number of nitrogens with zero attached hydrogens (tertiary/aromatic N) is 4. The van der Waals surface area contributed by atoms with Crippen LogP contribution >= 0.6 is 0 Å². The van der Waals surface area contributed by atoms with Gasteiger partial charge in [-0.1, -0.05) is 35.5 Å². The maximum Gasteiger partial charge on any atom is 0.188 e. The summed E-state index contributed by atoms with van der Waals surface area (Å²) >= 11 is 0. The highest BCUT2D eigenvalue weighted by Crippen LogP contribution is 2.04. The first-order valence-electron chi connectivity index (χ1n) is 4.79. The van der Waals surface area contributed by atoms with Gasteiger partial charge in [0.25, 0.3) is 0 Å². The summed E-state index contributed by atoms with van der Waals surface area (Å²) in [5.41, 5.74) is 1.28. The molecule has 0 aliphatic carbocycles. The molecule has 0 aliphatic rings. The predicted octanol–water partition coefficient (Wildman–Crippen LogP) is 0.832. The van der Waals surface area contributed by atoms with E-state index in [1.807, 2.05) is 25.2 Å². The van der Waals surface area contributed by atoms with Crippen LogP contribution in [0.15, 0.2) is 30.3 Å². The fraction of sp³-hybridized carbons (Fsp3) is 0.300. The summed E-state index contributed by atoms with van der Waals surface area (Å²) in [6.07, 6.45) is 0. The van der Waals surface area contributed by atoms with Crippen molar-refractivity contribution in [1.29, 1.82) is 0 Å². The van der Waals surface area contributed by atoms with Crippen LogP contribution in [0.3, 0.4) is 0 Å². The third-order valence-corrected chi connectivity index (χ3v) is 2.10. The van der Waals surface area contributed by atoms with Gasteiger partial charge < -0.3 is 0 Å². The van der Waals surface area contributed by atoms with Gasteiger partial charge in [0.1, 0.15) is 0 Å². The maximum absolute atomic E-state index is 3.91. The lowest BCUT2D eigenvalue weighted by Gasteiger charge is -2.13. The molecule has 0 amide bonds. The van der Waals surface area contributed by atoms with Crippen molar-refractivity contribution in [2.75, 3.05) is 7.05 Å². The van der Waals surface area contributed by atoms with E-state index in [-0.39, 0.29) is 0 Å². The quantitative estimate of drug-likeness (QED) is 0.799. The van der Waals surface area contributed by atoms with Crippen molar-refractivity contribution in [3.63, 3.8) is 0 Å². The Balaban J connectivity index is 1.90. The summed E-state index contributed by atoms with van der Waals surface area (Å²) in [5.74, 6) is 0.716. The lowest BCUT2D eigenvalue weighted by atomic mass is 10.2. The fourth-order valence-corrected chi connectivity index (χ4v) is 1.44. The number of hydrogen-bond donors (Lipinski definition) is 1. The minimum absolute atomic E-state index is 0.700. The third-order valence-electron chi connectivity index (χ3n) is 2.10. The molecule has 0 saturated heterocycles. The van der Waals surface area contributed by atoms with Gasteiger partial charge in [-0.2, -0.15) is 5.21 Å². The average Bonchev–Trinajstić information content (AvgIpc) is 2.71. The number of aromatic amines is 1. The SMILES string of the molecule is CN(Cc1ccccc1)Cc1nn[nH]n1. The first-order valence-corrected chi connectivity index (χ1v) is 4.79. The molecule has 0 atom stereocenters. The van der Waals surface area contributed by atoms with Crippen LogP contribution in [0.25, 0.3) is 0 Å². The highest BCUT2D eigenvalue weighted by molar-refractivity contribution is 5.14. The Bertz CT molecular complexity index is 383. The van der Waals surface area contributed by atoms with E-state index < -0.39 is 0 Å². The summed E-state index contributed by atoms with van der Waals surface area (Å²) in [4.78, 5) is 2.14. The molecule has 1 aromatic carbocycles. The van der Waals surface area contributed by atoms with Crippen LogP contribution in [0.4, 0.5) is 0 Å². The number of rotatable bonds is 4. The highest BCUT2D eigenvalue weighted by atomic mass is 15.5. The van der Waals surface area contributed by atoms with E-state index in [0.29, 0.717) is 12.4 Å². The molecule has 2 rings (SSSR count). The van der Waals surface area contributed by atoms with Gasteiger partial charge in [0.15, 0.2) is 5.82 Å². The number of nitrogens with one attached hydrogen (secondary N) is 1. The second kappa shape index (κ2) is 4.65. The molecule has 78 valence electrons. The lowest BCUT2D eigenvalue weighted by molar-refractivity contribution is 0.310. The number of H-pyrrole nitrogens is 1. The van der Waals surface area contributed by atoms with E-state index in [0.717, 1.165) is 6.54 Å². The first-order chi connectivity index (χ1) is 7.34. The molecule has 0 unspecified atom stereocenters. The highest BCUT2D eigenvalue weighted by Gasteiger charge is 2.04. The number of benzene rings is 1. The Kier molecular flexibility index (Phi) is 3.04. The Morgan fingerprint density at radius 1 is 1.20 bits per heavy atom. The second-order valence-electron chi connectivity index (χ2n) is 3.49. The van der Waals surface area contributed by atoms with Gasteiger partial charge in [0.05, 0.1) is 6.54 Å². The minimum Gasteiger partial charge on any atom is -0.295 e.